The zero-order valence-electron chi connectivity index (χ0n) is 29.8. The molecule has 0 radical (unpaired) electrons. The van der Waals surface area contributed by atoms with Gasteiger partial charge in [0.05, 0.1) is 0 Å². The molecule has 10 aromatic rings. The fourth-order valence-corrected chi connectivity index (χ4v) is 8.54. The van der Waals surface area contributed by atoms with E-state index in [4.69, 9.17) is 15.0 Å². The van der Waals surface area contributed by atoms with Gasteiger partial charge in [0.1, 0.15) is 0 Å². The molecule has 0 spiro atoms. The number of hydrogen-bond donors (Lipinski definition) is 0. The van der Waals surface area contributed by atoms with E-state index in [0.717, 1.165) is 27.8 Å². The maximum atomic E-state index is 5.04. The van der Waals surface area contributed by atoms with Gasteiger partial charge in [0.15, 0.2) is 17.5 Å². The van der Waals surface area contributed by atoms with Crippen LogP contribution in [-0.2, 0) is 0 Å². The monoisotopic (exact) mass is 719 g/mol. The predicted molar refractivity (Wildman–Crippen MR) is 231 cm³/mol. The van der Waals surface area contributed by atoms with E-state index < -0.39 is 0 Å². The number of benzene rings is 8. The molecule has 0 amide bonds. The van der Waals surface area contributed by atoms with Gasteiger partial charge >= 0.3 is 0 Å². The van der Waals surface area contributed by atoms with Gasteiger partial charge in [0.25, 0.3) is 0 Å². The van der Waals surface area contributed by atoms with Crippen LogP contribution in [0.3, 0.4) is 0 Å². The molecule has 0 bridgehead atoms. The number of nitrogens with zero attached hydrogens (tertiary/aromatic N) is 3. The van der Waals surface area contributed by atoms with E-state index in [1.165, 1.54) is 53.6 Å². The molecule has 0 saturated carbocycles. The van der Waals surface area contributed by atoms with Gasteiger partial charge in [-0.25, -0.2) is 15.0 Å². The average Bonchev–Trinajstić information content (AvgIpc) is 3.66. The molecule has 2 heterocycles. The van der Waals surface area contributed by atoms with Gasteiger partial charge in [-0.05, 0) is 56.6 Å². The van der Waals surface area contributed by atoms with E-state index in [-0.39, 0.29) is 0 Å². The molecule has 0 atom stereocenters. The van der Waals surface area contributed by atoms with Crippen LogP contribution in [0.1, 0.15) is 0 Å². The first-order valence-corrected chi connectivity index (χ1v) is 19.2. The summed E-state index contributed by atoms with van der Waals surface area (Å²) in [6.07, 6.45) is 0. The summed E-state index contributed by atoms with van der Waals surface area (Å²) in [5.74, 6) is 1.94. The molecule has 0 fully saturated rings. The molecule has 0 unspecified atom stereocenters. The Labute approximate surface area is 323 Å². The topological polar surface area (TPSA) is 38.7 Å². The maximum absolute atomic E-state index is 5.04. The molecule has 4 heteroatoms. The molecule has 10 rings (SSSR count). The second-order valence-electron chi connectivity index (χ2n) is 13.6. The Balaban J connectivity index is 0.955. The molecular weight excluding hydrogens is 687 g/mol. The molecule has 0 aliphatic heterocycles. The Hall–Kier alpha value is -7.01. The second kappa shape index (κ2) is 14.1. The van der Waals surface area contributed by atoms with Gasteiger partial charge in [0.2, 0.25) is 0 Å². The Bertz CT molecular complexity index is 2930. The summed E-state index contributed by atoms with van der Waals surface area (Å²) in [7, 11) is 0. The van der Waals surface area contributed by atoms with Gasteiger partial charge in [-0.3, -0.25) is 0 Å². The van der Waals surface area contributed by atoms with E-state index >= 15 is 0 Å². The van der Waals surface area contributed by atoms with Crippen LogP contribution >= 0.6 is 11.3 Å². The fourth-order valence-electron chi connectivity index (χ4n) is 7.30. The fraction of sp³-hybridized carbons (Fsp3) is 0. The van der Waals surface area contributed by atoms with Crippen molar-refractivity contribution in [1.29, 1.82) is 0 Å². The largest absolute Gasteiger partial charge is 0.208 e. The highest BCUT2D eigenvalue weighted by molar-refractivity contribution is 7.26. The van der Waals surface area contributed by atoms with E-state index in [0.29, 0.717) is 17.5 Å². The summed E-state index contributed by atoms with van der Waals surface area (Å²) in [5, 5.41) is 2.60. The smallest absolute Gasteiger partial charge is 0.164 e. The normalized spacial score (nSPS) is 11.3. The molecule has 55 heavy (non-hydrogen) atoms. The van der Waals surface area contributed by atoms with E-state index in [2.05, 4.69) is 170 Å². The molecule has 0 aliphatic carbocycles. The van der Waals surface area contributed by atoms with Gasteiger partial charge < -0.3 is 0 Å². The molecule has 0 N–H and O–H groups in total. The van der Waals surface area contributed by atoms with Crippen LogP contribution in [0.2, 0.25) is 0 Å². The van der Waals surface area contributed by atoms with E-state index in [1.807, 2.05) is 41.7 Å². The standard InChI is InChI=1S/C51H33N3S/c1-3-11-34(12-4-1)42-15-9-16-43(33-42)37-23-21-35(22-24-37)36-25-29-40(30-26-36)50-52-49(39-13-5-2-6-14-39)53-51(54-50)41-31-27-38(28-32-41)44-18-10-19-46-45-17-7-8-20-47(45)55-48(44)46/h1-33H. The van der Waals surface area contributed by atoms with Gasteiger partial charge in [0, 0.05) is 36.9 Å². The van der Waals surface area contributed by atoms with E-state index in [1.54, 1.807) is 0 Å². The first kappa shape index (κ1) is 32.6. The predicted octanol–water partition coefficient (Wildman–Crippen LogP) is 13.9. The zero-order chi connectivity index (χ0) is 36.6. The SMILES string of the molecule is c1ccc(-c2cccc(-c3ccc(-c4ccc(-c5nc(-c6ccccc6)nc(-c6ccc(-c7cccc8c7sc7ccccc78)cc6)n5)cc4)cc3)c2)cc1. The van der Waals surface area contributed by atoms with Crippen molar-refractivity contribution < 1.29 is 0 Å². The lowest BCUT2D eigenvalue weighted by Crippen LogP contribution is -2.00. The zero-order valence-corrected chi connectivity index (χ0v) is 30.6. The van der Waals surface area contributed by atoms with Gasteiger partial charge in [-0.15, -0.1) is 11.3 Å². The van der Waals surface area contributed by atoms with Crippen LogP contribution in [0.4, 0.5) is 0 Å². The Morgan fingerprint density at radius 1 is 0.273 bits per heavy atom. The minimum atomic E-state index is 0.642. The lowest BCUT2D eigenvalue weighted by atomic mass is 9.97. The lowest BCUT2D eigenvalue weighted by Gasteiger charge is -2.10. The number of aromatic nitrogens is 3. The number of fused-ring (bicyclic) bond motifs is 3. The van der Waals surface area contributed by atoms with Crippen molar-refractivity contribution in [3.8, 4) is 78.7 Å². The first-order chi connectivity index (χ1) is 27.2. The highest BCUT2D eigenvalue weighted by Gasteiger charge is 2.15. The summed E-state index contributed by atoms with van der Waals surface area (Å²) in [5.41, 5.74) is 12.3. The van der Waals surface area contributed by atoms with Crippen molar-refractivity contribution in [3.63, 3.8) is 0 Å². The highest BCUT2D eigenvalue weighted by Crippen LogP contribution is 2.40. The van der Waals surface area contributed by atoms with Crippen LogP contribution in [0.15, 0.2) is 200 Å². The van der Waals surface area contributed by atoms with Crippen LogP contribution in [0, 0.1) is 0 Å². The molecular formula is C51H33N3S. The Morgan fingerprint density at radius 2 is 0.655 bits per heavy atom. The Kier molecular flexibility index (Phi) is 8.36. The average molecular weight is 720 g/mol. The highest BCUT2D eigenvalue weighted by atomic mass is 32.1. The summed E-state index contributed by atoms with van der Waals surface area (Å²) < 4.78 is 2.61. The van der Waals surface area contributed by atoms with E-state index in [9.17, 15) is 0 Å². The molecule has 8 aromatic carbocycles. The second-order valence-corrected chi connectivity index (χ2v) is 14.7. The maximum Gasteiger partial charge on any atom is 0.164 e. The third-order valence-corrected chi connectivity index (χ3v) is 11.4. The van der Waals surface area contributed by atoms with Crippen LogP contribution < -0.4 is 0 Å². The quantitative estimate of drug-likeness (QED) is 0.165. The number of hydrogen-bond acceptors (Lipinski definition) is 4. The van der Waals surface area contributed by atoms with Crippen LogP contribution in [0.25, 0.3) is 98.8 Å². The van der Waals surface area contributed by atoms with Crippen LogP contribution in [-0.4, -0.2) is 15.0 Å². The molecule has 2 aromatic heterocycles. The number of thiophene rings is 1. The minimum Gasteiger partial charge on any atom is -0.208 e. The van der Waals surface area contributed by atoms with Crippen molar-refractivity contribution in [1.82, 2.24) is 15.0 Å². The van der Waals surface area contributed by atoms with Crippen molar-refractivity contribution >= 4 is 31.5 Å². The molecule has 3 nitrogen and oxygen atoms in total. The Morgan fingerprint density at radius 3 is 1.24 bits per heavy atom. The first-order valence-electron chi connectivity index (χ1n) is 18.4. The van der Waals surface area contributed by atoms with Crippen molar-refractivity contribution in [2.45, 2.75) is 0 Å². The summed E-state index contributed by atoms with van der Waals surface area (Å²) in [6, 6.07) is 70.5. The molecule has 0 saturated heterocycles. The molecule has 258 valence electrons. The van der Waals surface area contributed by atoms with Crippen LogP contribution in [0.5, 0.6) is 0 Å². The third kappa shape index (κ3) is 6.39. The number of rotatable bonds is 7. The summed E-state index contributed by atoms with van der Waals surface area (Å²) in [6.45, 7) is 0. The third-order valence-electron chi connectivity index (χ3n) is 10.2. The molecule has 0 aliphatic rings. The summed E-state index contributed by atoms with van der Waals surface area (Å²) in [4.78, 5) is 15.0. The van der Waals surface area contributed by atoms with Gasteiger partial charge in [-0.2, -0.15) is 0 Å². The van der Waals surface area contributed by atoms with Crippen molar-refractivity contribution in [2.24, 2.45) is 0 Å². The lowest BCUT2D eigenvalue weighted by molar-refractivity contribution is 1.07. The van der Waals surface area contributed by atoms with Crippen molar-refractivity contribution in [2.75, 3.05) is 0 Å². The van der Waals surface area contributed by atoms with Gasteiger partial charge in [-0.1, -0.05) is 188 Å². The van der Waals surface area contributed by atoms with Crippen molar-refractivity contribution in [3.05, 3.63) is 200 Å². The summed E-state index contributed by atoms with van der Waals surface area (Å²) >= 11 is 1.85. The minimum absolute atomic E-state index is 0.642.